The number of piperazine rings is 1. The summed E-state index contributed by atoms with van der Waals surface area (Å²) in [7, 11) is 1.91. The Morgan fingerprint density at radius 3 is 1.83 bits per heavy atom. The quantitative estimate of drug-likeness (QED) is 0.655. The topological polar surface area (TPSA) is 56.3 Å². The van der Waals surface area contributed by atoms with Gasteiger partial charge in [-0.25, -0.2) is 0 Å². The fraction of sp³-hybridized carbons (Fsp3) is 0.333. The summed E-state index contributed by atoms with van der Waals surface area (Å²) in [6.45, 7) is 9.95. The lowest BCUT2D eigenvalue weighted by Gasteiger charge is -2.36. The molecular formula is C24H30N6. The minimum absolute atomic E-state index is 0.767. The Balaban J connectivity index is 1.52. The molecule has 0 radical (unpaired) electrons. The number of aromatic nitrogens is 2. The number of nitrogens with one attached hydrogen (secondary N) is 2. The summed E-state index contributed by atoms with van der Waals surface area (Å²) in [6.07, 6.45) is 0. The van der Waals surface area contributed by atoms with Crippen LogP contribution in [-0.4, -0.2) is 43.2 Å². The lowest BCUT2D eigenvalue weighted by molar-refractivity contribution is 0.640. The summed E-state index contributed by atoms with van der Waals surface area (Å²) in [5.74, 6) is 2.47. The van der Waals surface area contributed by atoms with Gasteiger partial charge in [0.25, 0.3) is 0 Å². The van der Waals surface area contributed by atoms with Crippen LogP contribution in [0.1, 0.15) is 16.7 Å². The van der Waals surface area contributed by atoms with Crippen LogP contribution in [0.15, 0.2) is 48.5 Å². The first-order valence-electron chi connectivity index (χ1n) is 10.5. The van der Waals surface area contributed by atoms with Crippen LogP contribution >= 0.6 is 0 Å². The van der Waals surface area contributed by atoms with Crippen molar-refractivity contribution in [3.8, 4) is 0 Å². The van der Waals surface area contributed by atoms with Crippen molar-refractivity contribution in [1.82, 2.24) is 9.97 Å². The van der Waals surface area contributed by atoms with E-state index < -0.39 is 0 Å². The molecule has 0 bridgehead atoms. The Bertz CT molecular complexity index is 989. The number of hydrogen-bond donors (Lipinski definition) is 2. The van der Waals surface area contributed by atoms with Crippen molar-refractivity contribution in [2.45, 2.75) is 20.8 Å². The van der Waals surface area contributed by atoms with Gasteiger partial charge in [-0.3, -0.25) is 0 Å². The molecule has 2 heterocycles. The number of rotatable bonds is 5. The van der Waals surface area contributed by atoms with Crippen LogP contribution in [0.3, 0.4) is 0 Å². The Hall–Kier alpha value is -3.28. The molecule has 6 heteroatoms. The Labute approximate surface area is 179 Å². The molecule has 1 saturated heterocycles. The van der Waals surface area contributed by atoms with E-state index in [1.807, 2.05) is 14.0 Å². The first-order valence-corrected chi connectivity index (χ1v) is 10.5. The predicted molar refractivity (Wildman–Crippen MR) is 126 cm³/mol. The van der Waals surface area contributed by atoms with Gasteiger partial charge in [-0.1, -0.05) is 35.4 Å². The zero-order chi connectivity index (χ0) is 21.1. The number of aryl methyl sites for hydroxylation is 2. The van der Waals surface area contributed by atoms with Crippen molar-refractivity contribution in [3.63, 3.8) is 0 Å². The highest BCUT2D eigenvalue weighted by atomic mass is 15.3. The third-order valence-corrected chi connectivity index (χ3v) is 5.65. The largest absolute Gasteiger partial charge is 0.373 e. The SMILES string of the molecule is CNc1nc(N2CCN(c3ccc(C)cc3)CC2)nc(Nc2ccc(C)cc2)c1C. The number of anilines is 5. The van der Waals surface area contributed by atoms with E-state index in [9.17, 15) is 0 Å². The van der Waals surface area contributed by atoms with E-state index in [4.69, 9.17) is 9.97 Å². The number of hydrogen-bond acceptors (Lipinski definition) is 6. The second-order valence-electron chi connectivity index (χ2n) is 7.90. The van der Waals surface area contributed by atoms with Crippen molar-refractivity contribution in [3.05, 3.63) is 65.2 Å². The molecule has 0 aliphatic carbocycles. The predicted octanol–water partition coefficient (Wildman–Crippen LogP) is 4.51. The van der Waals surface area contributed by atoms with Crippen molar-refractivity contribution in [1.29, 1.82) is 0 Å². The molecule has 1 aliphatic rings. The van der Waals surface area contributed by atoms with E-state index >= 15 is 0 Å². The molecule has 2 aromatic carbocycles. The maximum absolute atomic E-state index is 4.88. The molecule has 0 unspecified atom stereocenters. The van der Waals surface area contributed by atoms with Crippen LogP contribution in [0.2, 0.25) is 0 Å². The van der Waals surface area contributed by atoms with Gasteiger partial charge in [0.2, 0.25) is 5.95 Å². The second kappa shape index (κ2) is 8.61. The zero-order valence-corrected chi connectivity index (χ0v) is 18.2. The molecule has 4 rings (SSSR count). The smallest absolute Gasteiger partial charge is 0.229 e. The van der Waals surface area contributed by atoms with E-state index in [1.165, 1.54) is 16.8 Å². The monoisotopic (exact) mass is 402 g/mol. The summed E-state index contributed by atoms with van der Waals surface area (Å²) < 4.78 is 0. The minimum atomic E-state index is 0.767. The third-order valence-electron chi connectivity index (χ3n) is 5.65. The van der Waals surface area contributed by atoms with Crippen LogP contribution in [0.5, 0.6) is 0 Å². The average Bonchev–Trinajstić information content (AvgIpc) is 2.77. The molecule has 6 nitrogen and oxygen atoms in total. The lowest BCUT2D eigenvalue weighted by atomic mass is 10.2. The molecule has 1 aliphatic heterocycles. The first-order chi connectivity index (χ1) is 14.5. The van der Waals surface area contributed by atoms with Gasteiger partial charge in [0.05, 0.1) is 0 Å². The maximum atomic E-state index is 4.88. The third kappa shape index (κ3) is 4.32. The van der Waals surface area contributed by atoms with Gasteiger partial charge in [-0.2, -0.15) is 9.97 Å². The van der Waals surface area contributed by atoms with Crippen molar-refractivity contribution in [2.24, 2.45) is 0 Å². The molecule has 1 aromatic heterocycles. The highest BCUT2D eigenvalue weighted by molar-refractivity contribution is 5.67. The van der Waals surface area contributed by atoms with Crippen molar-refractivity contribution < 1.29 is 0 Å². The highest BCUT2D eigenvalue weighted by Gasteiger charge is 2.21. The molecule has 0 amide bonds. The summed E-state index contributed by atoms with van der Waals surface area (Å²) >= 11 is 0. The molecule has 0 saturated carbocycles. The van der Waals surface area contributed by atoms with Gasteiger partial charge in [0, 0.05) is 50.2 Å². The number of nitrogens with zero attached hydrogens (tertiary/aromatic N) is 4. The van der Waals surface area contributed by atoms with Crippen LogP contribution < -0.4 is 20.4 Å². The van der Waals surface area contributed by atoms with Crippen LogP contribution in [0, 0.1) is 20.8 Å². The van der Waals surface area contributed by atoms with Crippen LogP contribution in [0.25, 0.3) is 0 Å². The molecule has 156 valence electrons. The fourth-order valence-corrected chi connectivity index (χ4v) is 3.71. The summed E-state index contributed by atoms with van der Waals surface area (Å²) in [6, 6.07) is 17.1. The normalized spacial score (nSPS) is 14.0. The van der Waals surface area contributed by atoms with E-state index in [0.29, 0.717) is 0 Å². The standard InChI is InChI=1S/C24H30N6/c1-17-5-9-20(10-6-17)26-23-19(3)22(25-4)27-24(28-23)30-15-13-29(14-16-30)21-11-7-18(2)8-12-21/h5-12H,13-16H2,1-4H3,(H2,25,26,27,28). The van der Waals surface area contributed by atoms with Crippen LogP contribution in [0.4, 0.5) is 29.0 Å². The van der Waals surface area contributed by atoms with Crippen molar-refractivity contribution >= 4 is 29.0 Å². The second-order valence-corrected chi connectivity index (χ2v) is 7.90. The van der Waals surface area contributed by atoms with E-state index in [1.54, 1.807) is 0 Å². The maximum Gasteiger partial charge on any atom is 0.229 e. The summed E-state index contributed by atoms with van der Waals surface area (Å²) in [5, 5.41) is 6.69. The molecule has 3 aromatic rings. The van der Waals surface area contributed by atoms with Gasteiger partial charge in [0.15, 0.2) is 0 Å². The molecule has 1 fully saturated rings. The van der Waals surface area contributed by atoms with Gasteiger partial charge in [-0.15, -0.1) is 0 Å². The van der Waals surface area contributed by atoms with Gasteiger partial charge in [0.1, 0.15) is 11.6 Å². The number of benzene rings is 2. The van der Waals surface area contributed by atoms with Crippen LogP contribution in [-0.2, 0) is 0 Å². The molecule has 0 atom stereocenters. The van der Waals surface area contributed by atoms with E-state index in [2.05, 4.69) is 82.8 Å². The van der Waals surface area contributed by atoms with Gasteiger partial charge >= 0.3 is 0 Å². The minimum Gasteiger partial charge on any atom is -0.373 e. The Morgan fingerprint density at radius 2 is 1.23 bits per heavy atom. The molecule has 30 heavy (non-hydrogen) atoms. The average molecular weight is 403 g/mol. The van der Waals surface area contributed by atoms with E-state index in [0.717, 1.165) is 55.0 Å². The fourth-order valence-electron chi connectivity index (χ4n) is 3.71. The van der Waals surface area contributed by atoms with Gasteiger partial charge < -0.3 is 20.4 Å². The van der Waals surface area contributed by atoms with Gasteiger partial charge in [-0.05, 0) is 45.0 Å². The lowest BCUT2D eigenvalue weighted by Crippen LogP contribution is -2.47. The molecule has 0 spiro atoms. The highest BCUT2D eigenvalue weighted by Crippen LogP contribution is 2.27. The Kier molecular flexibility index (Phi) is 5.74. The Morgan fingerprint density at radius 1 is 0.700 bits per heavy atom. The van der Waals surface area contributed by atoms with Crippen molar-refractivity contribution in [2.75, 3.05) is 53.7 Å². The zero-order valence-electron chi connectivity index (χ0n) is 18.2. The first kappa shape index (κ1) is 20.0. The molecule has 2 N–H and O–H groups in total. The molecular weight excluding hydrogens is 372 g/mol. The summed E-state index contributed by atoms with van der Waals surface area (Å²) in [5.41, 5.74) is 5.85. The van der Waals surface area contributed by atoms with E-state index in [-0.39, 0.29) is 0 Å². The summed E-state index contributed by atoms with van der Waals surface area (Å²) in [4.78, 5) is 14.4.